The third-order valence-corrected chi connectivity index (χ3v) is 8.00. The zero-order chi connectivity index (χ0) is 25.4. The highest BCUT2D eigenvalue weighted by Gasteiger charge is 2.14. The molecule has 1 N–H and O–H groups in total. The number of carbonyl (C=O) groups is 1. The van der Waals surface area contributed by atoms with E-state index in [1.807, 2.05) is 71.4 Å². The predicted octanol–water partition coefficient (Wildman–Crippen LogP) is 7.23. The van der Waals surface area contributed by atoms with Gasteiger partial charge in [0.05, 0.1) is 28.9 Å². The van der Waals surface area contributed by atoms with Crippen molar-refractivity contribution >= 4 is 49.4 Å². The molecule has 0 radical (unpaired) electrons. The molecular weight excluding hydrogens is 500 g/mol. The van der Waals surface area contributed by atoms with Crippen molar-refractivity contribution in [3.63, 3.8) is 0 Å². The molecule has 0 aliphatic rings. The number of rotatable bonds is 7. The number of amides is 1. The van der Waals surface area contributed by atoms with Crippen molar-refractivity contribution in [3.05, 3.63) is 89.6 Å². The largest absolute Gasteiger partial charge is 0.494 e. The Morgan fingerprint density at radius 3 is 2.57 bits per heavy atom. The molecule has 3 aromatic carbocycles. The summed E-state index contributed by atoms with van der Waals surface area (Å²) >= 11 is 3.21. The number of aryl methyl sites for hydroxylation is 1. The van der Waals surface area contributed by atoms with Crippen molar-refractivity contribution in [2.45, 2.75) is 20.3 Å². The summed E-state index contributed by atoms with van der Waals surface area (Å²) in [6.45, 7) is 4.69. The number of carbonyl (C=O) groups excluding carboxylic acids is 1. The van der Waals surface area contributed by atoms with Gasteiger partial charge >= 0.3 is 0 Å². The normalized spacial score (nSPS) is 11.3. The maximum atomic E-state index is 12.8. The number of nitrogens with zero attached hydrogens (tertiary/aromatic N) is 3. The van der Waals surface area contributed by atoms with Crippen molar-refractivity contribution < 1.29 is 9.53 Å². The molecule has 0 atom stereocenters. The minimum Gasteiger partial charge on any atom is -0.494 e. The third kappa shape index (κ3) is 4.85. The van der Waals surface area contributed by atoms with Crippen molar-refractivity contribution in [1.82, 2.24) is 14.4 Å². The topological polar surface area (TPSA) is 68.5 Å². The maximum Gasteiger partial charge on any atom is 0.230 e. The lowest BCUT2D eigenvalue weighted by molar-refractivity contribution is -0.115. The zero-order valence-electron chi connectivity index (χ0n) is 20.4. The first-order valence-corrected chi connectivity index (χ1v) is 13.7. The van der Waals surface area contributed by atoms with Crippen LogP contribution in [0, 0.1) is 6.92 Å². The monoisotopic (exact) mass is 524 g/mol. The molecule has 0 fully saturated rings. The molecule has 6 rings (SSSR count). The number of hydrogen-bond donors (Lipinski definition) is 1. The molecule has 0 aliphatic heterocycles. The molecule has 0 saturated carbocycles. The molecule has 0 bridgehead atoms. The van der Waals surface area contributed by atoms with Gasteiger partial charge in [-0.25, -0.2) is 9.97 Å². The Morgan fingerprint density at radius 1 is 1.00 bits per heavy atom. The molecule has 184 valence electrons. The van der Waals surface area contributed by atoms with Crippen LogP contribution in [0.1, 0.15) is 18.2 Å². The van der Waals surface area contributed by atoms with Crippen LogP contribution in [0.2, 0.25) is 0 Å². The van der Waals surface area contributed by atoms with Crippen LogP contribution in [0.4, 0.5) is 5.69 Å². The quantitative estimate of drug-likeness (QED) is 0.239. The lowest BCUT2D eigenvalue weighted by Gasteiger charge is -2.06. The average Bonchev–Trinajstić information content (AvgIpc) is 3.60. The van der Waals surface area contributed by atoms with E-state index >= 15 is 0 Å². The van der Waals surface area contributed by atoms with Gasteiger partial charge in [-0.05, 0) is 80.1 Å². The molecular formula is C29H24N4O2S2. The summed E-state index contributed by atoms with van der Waals surface area (Å²) in [5, 5.41) is 5.98. The molecule has 37 heavy (non-hydrogen) atoms. The third-order valence-electron chi connectivity index (χ3n) is 6.05. The second-order valence-corrected chi connectivity index (χ2v) is 10.6. The van der Waals surface area contributed by atoms with E-state index in [-0.39, 0.29) is 12.3 Å². The Labute approximate surface area is 222 Å². The SMILES string of the molecule is CCOc1ccc(-c2cn3c(CC(=O)Nc4ccc(-c5nc6ccc(C)cc6s5)cc4)csc3n2)cc1. The first-order valence-electron chi connectivity index (χ1n) is 12.0. The fourth-order valence-corrected chi connectivity index (χ4v) is 6.15. The maximum absolute atomic E-state index is 12.8. The van der Waals surface area contributed by atoms with Crippen molar-refractivity contribution in [2.75, 3.05) is 11.9 Å². The van der Waals surface area contributed by atoms with E-state index in [0.29, 0.717) is 6.61 Å². The molecule has 0 saturated heterocycles. The summed E-state index contributed by atoms with van der Waals surface area (Å²) in [6, 6.07) is 22.1. The Morgan fingerprint density at radius 2 is 1.78 bits per heavy atom. The van der Waals surface area contributed by atoms with Crippen LogP contribution >= 0.6 is 22.7 Å². The second-order valence-electron chi connectivity index (χ2n) is 8.76. The minimum absolute atomic E-state index is 0.0702. The number of thiazole rings is 2. The molecule has 1 amide bonds. The molecule has 8 heteroatoms. The van der Waals surface area contributed by atoms with Crippen LogP contribution in [0.15, 0.2) is 78.3 Å². The van der Waals surface area contributed by atoms with Gasteiger partial charge in [0.25, 0.3) is 0 Å². The summed E-state index contributed by atoms with van der Waals surface area (Å²) in [5.74, 6) is 0.770. The van der Waals surface area contributed by atoms with Crippen LogP contribution in [0.3, 0.4) is 0 Å². The smallest absolute Gasteiger partial charge is 0.230 e. The first-order chi connectivity index (χ1) is 18.1. The molecule has 0 unspecified atom stereocenters. The van der Waals surface area contributed by atoms with E-state index in [2.05, 4.69) is 30.4 Å². The van der Waals surface area contributed by atoms with Gasteiger partial charge in [0, 0.05) is 34.1 Å². The Bertz CT molecular complexity index is 1710. The van der Waals surface area contributed by atoms with Gasteiger partial charge in [0.1, 0.15) is 10.8 Å². The predicted molar refractivity (Wildman–Crippen MR) is 152 cm³/mol. The number of benzene rings is 3. The lowest BCUT2D eigenvalue weighted by Crippen LogP contribution is -2.15. The Kier molecular flexibility index (Phi) is 6.20. The molecule has 6 nitrogen and oxygen atoms in total. The van der Waals surface area contributed by atoms with Gasteiger partial charge in [-0.3, -0.25) is 9.20 Å². The lowest BCUT2D eigenvalue weighted by atomic mass is 10.1. The number of ether oxygens (including phenoxy) is 1. The fraction of sp³-hybridized carbons (Fsp3) is 0.138. The van der Waals surface area contributed by atoms with Gasteiger partial charge in [-0.2, -0.15) is 0 Å². The number of anilines is 1. The Hall–Kier alpha value is -4.01. The van der Waals surface area contributed by atoms with Crippen LogP contribution in [-0.2, 0) is 11.2 Å². The summed E-state index contributed by atoms with van der Waals surface area (Å²) < 4.78 is 8.70. The number of nitrogens with one attached hydrogen (secondary N) is 1. The number of aromatic nitrogens is 3. The van der Waals surface area contributed by atoms with Crippen LogP contribution in [0.25, 0.3) is 37.0 Å². The van der Waals surface area contributed by atoms with E-state index in [0.717, 1.165) is 49.4 Å². The summed E-state index contributed by atoms with van der Waals surface area (Å²) in [5.41, 5.74) is 6.83. The number of fused-ring (bicyclic) bond motifs is 2. The van der Waals surface area contributed by atoms with Gasteiger partial charge in [0.2, 0.25) is 5.91 Å². The standard InChI is InChI=1S/C29H24N4O2S2/c1-3-35-23-11-7-19(8-12-23)25-16-33-22(17-36-29(33)32-25)15-27(34)30-21-9-5-20(6-10-21)28-31-24-13-4-18(2)14-26(24)37-28/h4-14,16-17H,3,15H2,1-2H3,(H,30,34). The molecule has 0 aliphatic carbocycles. The van der Waals surface area contributed by atoms with Gasteiger partial charge in [0.15, 0.2) is 4.96 Å². The zero-order valence-corrected chi connectivity index (χ0v) is 22.0. The van der Waals surface area contributed by atoms with Crippen molar-refractivity contribution in [2.24, 2.45) is 0 Å². The van der Waals surface area contributed by atoms with E-state index < -0.39 is 0 Å². The van der Waals surface area contributed by atoms with E-state index in [9.17, 15) is 4.79 Å². The van der Waals surface area contributed by atoms with Gasteiger partial charge in [-0.15, -0.1) is 22.7 Å². The van der Waals surface area contributed by atoms with Crippen LogP contribution in [-0.4, -0.2) is 26.9 Å². The van der Waals surface area contributed by atoms with Gasteiger partial charge < -0.3 is 10.1 Å². The van der Waals surface area contributed by atoms with Crippen LogP contribution < -0.4 is 10.1 Å². The highest BCUT2D eigenvalue weighted by atomic mass is 32.1. The van der Waals surface area contributed by atoms with Gasteiger partial charge in [-0.1, -0.05) is 6.07 Å². The van der Waals surface area contributed by atoms with E-state index in [1.54, 1.807) is 11.3 Å². The highest BCUT2D eigenvalue weighted by molar-refractivity contribution is 7.21. The molecule has 0 spiro atoms. The molecule has 3 aromatic heterocycles. The summed E-state index contributed by atoms with van der Waals surface area (Å²) in [6.07, 6.45) is 2.25. The minimum atomic E-state index is -0.0702. The highest BCUT2D eigenvalue weighted by Crippen LogP contribution is 2.31. The summed E-state index contributed by atoms with van der Waals surface area (Å²) in [7, 11) is 0. The molecule has 3 heterocycles. The molecule has 6 aromatic rings. The van der Waals surface area contributed by atoms with Crippen LogP contribution in [0.5, 0.6) is 5.75 Å². The van der Waals surface area contributed by atoms with Crippen molar-refractivity contribution in [1.29, 1.82) is 0 Å². The van der Waals surface area contributed by atoms with Crippen molar-refractivity contribution in [3.8, 4) is 27.6 Å². The fourth-order valence-electron chi connectivity index (χ4n) is 4.21. The first kappa shape index (κ1) is 23.4. The number of imidazole rings is 1. The van der Waals surface area contributed by atoms with E-state index in [4.69, 9.17) is 14.7 Å². The summed E-state index contributed by atoms with van der Waals surface area (Å²) in [4.78, 5) is 23.2. The second kappa shape index (κ2) is 9.80. The number of hydrogen-bond acceptors (Lipinski definition) is 6. The average molecular weight is 525 g/mol. The van der Waals surface area contributed by atoms with E-state index in [1.165, 1.54) is 21.6 Å². The Balaban J connectivity index is 1.14.